The van der Waals surface area contributed by atoms with E-state index < -0.39 is 0 Å². The summed E-state index contributed by atoms with van der Waals surface area (Å²) in [4.78, 5) is 18.5. The van der Waals surface area contributed by atoms with E-state index in [1.807, 2.05) is 59.4 Å². The third-order valence-corrected chi connectivity index (χ3v) is 4.41. The molecule has 1 aliphatic heterocycles. The van der Waals surface area contributed by atoms with Gasteiger partial charge in [0.15, 0.2) is 5.17 Å². The molecule has 2 heterocycles. The number of carbonyl (C=O) groups is 1. The van der Waals surface area contributed by atoms with Gasteiger partial charge in [-0.3, -0.25) is 14.7 Å². The SMILES string of the molecule is CN=C1S/C(=C/c2ccn(-c3ccccc3)c2)C(=O)N1C. The van der Waals surface area contributed by atoms with Crippen molar-refractivity contribution in [2.75, 3.05) is 14.1 Å². The highest BCUT2D eigenvalue weighted by Crippen LogP contribution is 2.31. The highest BCUT2D eigenvalue weighted by Gasteiger charge is 2.29. The molecule has 0 bridgehead atoms. The average molecular weight is 297 g/mol. The molecule has 1 saturated heterocycles. The number of amides is 1. The fourth-order valence-corrected chi connectivity index (χ4v) is 3.09. The molecule has 1 aromatic carbocycles. The topological polar surface area (TPSA) is 37.6 Å². The first-order valence-electron chi connectivity index (χ1n) is 6.57. The summed E-state index contributed by atoms with van der Waals surface area (Å²) in [5, 5.41) is 0.730. The van der Waals surface area contributed by atoms with E-state index in [1.165, 1.54) is 11.8 Å². The van der Waals surface area contributed by atoms with E-state index in [0.29, 0.717) is 4.91 Å². The summed E-state index contributed by atoms with van der Waals surface area (Å²) in [5.41, 5.74) is 2.10. The quantitative estimate of drug-likeness (QED) is 0.799. The second-order valence-corrected chi connectivity index (χ2v) is 5.68. The summed E-state index contributed by atoms with van der Waals surface area (Å²) < 4.78 is 2.04. The van der Waals surface area contributed by atoms with Crippen molar-refractivity contribution in [3.63, 3.8) is 0 Å². The lowest BCUT2D eigenvalue weighted by Crippen LogP contribution is -2.23. The van der Waals surface area contributed by atoms with E-state index in [0.717, 1.165) is 16.4 Å². The lowest BCUT2D eigenvalue weighted by Gasteiger charge is -2.04. The Bertz CT molecular complexity index is 731. The van der Waals surface area contributed by atoms with E-state index in [2.05, 4.69) is 4.99 Å². The van der Waals surface area contributed by atoms with E-state index in [9.17, 15) is 4.79 Å². The first kappa shape index (κ1) is 13.7. The van der Waals surface area contributed by atoms with Gasteiger partial charge < -0.3 is 4.57 Å². The third-order valence-electron chi connectivity index (χ3n) is 3.26. The minimum absolute atomic E-state index is 0.00642. The Kier molecular flexibility index (Phi) is 3.66. The lowest BCUT2D eigenvalue weighted by molar-refractivity contribution is -0.121. The molecule has 0 radical (unpaired) electrons. The first-order chi connectivity index (χ1) is 10.2. The van der Waals surface area contributed by atoms with Gasteiger partial charge in [0.2, 0.25) is 0 Å². The number of amidine groups is 1. The van der Waals surface area contributed by atoms with Gasteiger partial charge in [-0.1, -0.05) is 18.2 Å². The fraction of sp³-hybridized carbons (Fsp3) is 0.125. The summed E-state index contributed by atoms with van der Waals surface area (Å²) in [6.45, 7) is 0. The van der Waals surface area contributed by atoms with Crippen molar-refractivity contribution in [2.45, 2.75) is 0 Å². The van der Waals surface area contributed by atoms with Gasteiger partial charge in [-0.15, -0.1) is 0 Å². The normalized spacial score (nSPS) is 19.0. The summed E-state index contributed by atoms with van der Waals surface area (Å²) >= 11 is 1.41. The Labute approximate surface area is 127 Å². The smallest absolute Gasteiger partial charge is 0.266 e. The molecule has 21 heavy (non-hydrogen) atoms. The second kappa shape index (κ2) is 5.61. The molecule has 0 spiro atoms. The predicted octanol–water partition coefficient (Wildman–Crippen LogP) is 3.01. The minimum atomic E-state index is -0.00642. The molecule has 4 nitrogen and oxygen atoms in total. The minimum Gasteiger partial charge on any atom is -0.323 e. The van der Waals surface area contributed by atoms with Crippen LogP contribution in [0.15, 0.2) is 58.7 Å². The van der Waals surface area contributed by atoms with Gasteiger partial charge >= 0.3 is 0 Å². The van der Waals surface area contributed by atoms with Gasteiger partial charge in [-0.25, -0.2) is 0 Å². The molecule has 106 valence electrons. The maximum absolute atomic E-state index is 12.1. The number of hydrogen-bond donors (Lipinski definition) is 0. The lowest BCUT2D eigenvalue weighted by atomic mass is 10.3. The number of nitrogens with zero attached hydrogens (tertiary/aromatic N) is 3. The number of hydrogen-bond acceptors (Lipinski definition) is 3. The molecule has 0 unspecified atom stereocenters. The predicted molar refractivity (Wildman–Crippen MR) is 87.5 cm³/mol. The molecule has 3 rings (SSSR count). The number of para-hydroxylation sites is 1. The number of likely N-dealkylation sites (N-methyl/N-ethyl adjacent to an activating group) is 1. The molecule has 0 saturated carbocycles. The van der Waals surface area contributed by atoms with Crippen molar-refractivity contribution in [1.82, 2.24) is 9.47 Å². The van der Waals surface area contributed by atoms with E-state index >= 15 is 0 Å². The van der Waals surface area contributed by atoms with Crippen LogP contribution in [-0.4, -0.2) is 34.6 Å². The second-order valence-electron chi connectivity index (χ2n) is 4.67. The van der Waals surface area contributed by atoms with E-state index in [1.54, 1.807) is 19.0 Å². The molecule has 2 aromatic rings. The van der Waals surface area contributed by atoms with Crippen LogP contribution in [0.1, 0.15) is 5.56 Å². The van der Waals surface area contributed by atoms with Crippen LogP contribution in [-0.2, 0) is 4.79 Å². The molecule has 0 atom stereocenters. The van der Waals surface area contributed by atoms with Crippen LogP contribution >= 0.6 is 11.8 Å². The number of thioether (sulfide) groups is 1. The van der Waals surface area contributed by atoms with Crippen molar-refractivity contribution in [2.24, 2.45) is 4.99 Å². The first-order valence-corrected chi connectivity index (χ1v) is 7.38. The van der Waals surface area contributed by atoms with Gasteiger partial charge in [0.05, 0.1) is 4.91 Å². The summed E-state index contributed by atoms with van der Waals surface area (Å²) in [5.74, 6) is -0.00642. The number of carbonyl (C=O) groups excluding carboxylic acids is 1. The molecule has 1 aliphatic rings. The zero-order chi connectivity index (χ0) is 14.8. The van der Waals surface area contributed by atoms with Crippen molar-refractivity contribution in [3.8, 4) is 5.69 Å². The van der Waals surface area contributed by atoms with Gasteiger partial charge in [0, 0.05) is 32.2 Å². The molecular formula is C16H15N3OS. The monoisotopic (exact) mass is 297 g/mol. The van der Waals surface area contributed by atoms with Crippen LogP contribution in [0, 0.1) is 0 Å². The zero-order valence-electron chi connectivity index (χ0n) is 11.9. The number of aliphatic imine (C=N–C) groups is 1. The molecule has 5 heteroatoms. The van der Waals surface area contributed by atoms with E-state index in [4.69, 9.17) is 0 Å². The average Bonchev–Trinajstić information content (AvgIpc) is 3.09. The molecular weight excluding hydrogens is 282 g/mol. The van der Waals surface area contributed by atoms with Gasteiger partial charge in [-0.2, -0.15) is 0 Å². The van der Waals surface area contributed by atoms with Gasteiger partial charge in [-0.05, 0) is 41.6 Å². The Morgan fingerprint density at radius 3 is 2.62 bits per heavy atom. The maximum atomic E-state index is 12.1. The third kappa shape index (κ3) is 2.64. The van der Waals surface area contributed by atoms with Crippen LogP contribution in [0.4, 0.5) is 0 Å². The van der Waals surface area contributed by atoms with Crippen LogP contribution in [0.3, 0.4) is 0 Å². The van der Waals surface area contributed by atoms with Crippen molar-refractivity contribution >= 4 is 28.9 Å². The van der Waals surface area contributed by atoms with Crippen LogP contribution < -0.4 is 0 Å². The number of aromatic nitrogens is 1. The van der Waals surface area contributed by atoms with Crippen molar-refractivity contribution in [1.29, 1.82) is 0 Å². The molecule has 1 fully saturated rings. The van der Waals surface area contributed by atoms with E-state index in [-0.39, 0.29) is 5.91 Å². The standard InChI is InChI=1S/C16H15N3OS/c1-17-16-18(2)15(20)14(21-16)10-12-8-9-19(11-12)13-6-4-3-5-7-13/h3-11H,1-2H3/b14-10+,17-16?. The Morgan fingerprint density at radius 1 is 1.19 bits per heavy atom. The summed E-state index contributed by atoms with van der Waals surface area (Å²) in [6.07, 6.45) is 5.91. The summed E-state index contributed by atoms with van der Waals surface area (Å²) in [6, 6.07) is 12.1. The van der Waals surface area contributed by atoms with Gasteiger partial charge in [0.25, 0.3) is 5.91 Å². The molecule has 1 amide bonds. The molecule has 0 N–H and O–H groups in total. The molecule has 0 aliphatic carbocycles. The highest BCUT2D eigenvalue weighted by atomic mass is 32.2. The van der Waals surface area contributed by atoms with Gasteiger partial charge in [0.1, 0.15) is 0 Å². The maximum Gasteiger partial charge on any atom is 0.266 e. The summed E-state index contributed by atoms with van der Waals surface area (Å²) in [7, 11) is 3.44. The van der Waals surface area contributed by atoms with Crippen LogP contribution in [0.2, 0.25) is 0 Å². The Morgan fingerprint density at radius 2 is 1.95 bits per heavy atom. The van der Waals surface area contributed by atoms with Crippen LogP contribution in [0.25, 0.3) is 11.8 Å². The van der Waals surface area contributed by atoms with Crippen molar-refractivity contribution < 1.29 is 4.79 Å². The largest absolute Gasteiger partial charge is 0.323 e. The number of rotatable bonds is 2. The Balaban J connectivity index is 1.88. The fourth-order valence-electron chi connectivity index (χ4n) is 2.16. The van der Waals surface area contributed by atoms with Crippen molar-refractivity contribution in [3.05, 3.63) is 59.3 Å². The number of benzene rings is 1. The highest BCUT2D eigenvalue weighted by molar-refractivity contribution is 8.18. The Hall–Kier alpha value is -2.27. The zero-order valence-corrected chi connectivity index (χ0v) is 12.7. The van der Waals surface area contributed by atoms with Crippen LogP contribution in [0.5, 0.6) is 0 Å². The molecule has 1 aromatic heterocycles.